The van der Waals surface area contributed by atoms with Gasteiger partial charge in [0.2, 0.25) is 0 Å². The molecular formula is C13H11NO6S. The highest BCUT2D eigenvalue weighted by molar-refractivity contribution is 7.86. The Bertz CT molecular complexity index is 762. The minimum atomic E-state index is -3.73. The zero-order valence-electron chi connectivity index (χ0n) is 10.8. The van der Waals surface area contributed by atoms with Gasteiger partial charge in [0.15, 0.2) is 5.78 Å². The number of nitro groups is 1. The molecule has 1 heterocycles. The molecule has 0 spiro atoms. The zero-order valence-corrected chi connectivity index (χ0v) is 11.6. The van der Waals surface area contributed by atoms with Crippen LogP contribution in [0.15, 0.2) is 35.6 Å². The molecule has 7 nitrogen and oxygen atoms in total. The van der Waals surface area contributed by atoms with E-state index in [1.54, 1.807) is 0 Å². The topological polar surface area (TPSA) is 104 Å². The van der Waals surface area contributed by atoms with Crippen LogP contribution in [-0.4, -0.2) is 24.9 Å². The number of benzene rings is 1. The summed E-state index contributed by atoms with van der Waals surface area (Å²) in [5.74, 6) is -0.845. The number of non-ortho nitro benzene ring substituents is 1. The van der Waals surface area contributed by atoms with Crippen LogP contribution in [0.2, 0.25) is 0 Å². The van der Waals surface area contributed by atoms with Gasteiger partial charge >= 0.3 is 10.1 Å². The highest BCUT2D eigenvalue weighted by atomic mass is 32.2. The Balaban J connectivity index is 2.05. The van der Waals surface area contributed by atoms with Gasteiger partial charge < -0.3 is 4.18 Å². The second kappa shape index (κ2) is 4.66. The average Bonchev–Trinajstić information content (AvgIpc) is 2.78. The molecule has 0 amide bonds. The van der Waals surface area contributed by atoms with Gasteiger partial charge in [-0.25, -0.2) is 0 Å². The number of carbonyl (C=O) groups is 1. The summed E-state index contributed by atoms with van der Waals surface area (Å²) in [6, 6.07) is 5.58. The number of rotatable bonds is 2. The normalized spacial score (nSPS) is 23.6. The number of hydrogen-bond donors (Lipinski definition) is 0. The average molecular weight is 309 g/mol. The van der Waals surface area contributed by atoms with Gasteiger partial charge in [-0.2, -0.15) is 8.42 Å². The van der Waals surface area contributed by atoms with Crippen molar-refractivity contribution in [2.24, 2.45) is 0 Å². The lowest BCUT2D eigenvalue weighted by atomic mass is 9.91. The Morgan fingerprint density at radius 2 is 1.86 bits per heavy atom. The summed E-state index contributed by atoms with van der Waals surface area (Å²) in [4.78, 5) is 22.1. The molecular weight excluding hydrogens is 298 g/mol. The van der Waals surface area contributed by atoms with Crippen LogP contribution >= 0.6 is 0 Å². The maximum atomic E-state index is 11.9. The fourth-order valence-electron chi connectivity index (χ4n) is 2.69. The molecule has 0 saturated heterocycles. The van der Waals surface area contributed by atoms with Gasteiger partial charge in [0.05, 0.1) is 10.7 Å². The Labute approximate surface area is 120 Å². The van der Waals surface area contributed by atoms with Crippen molar-refractivity contribution in [1.82, 2.24) is 0 Å². The van der Waals surface area contributed by atoms with Gasteiger partial charge in [-0.3, -0.25) is 14.9 Å². The SMILES string of the molecule is O=C1CCC2=C1C(c1ccc([N+](=O)[O-])cc1)CS(=O)(=O)O2. The number of allylic oxidation sites excluding steroid dienone is 2. The van der Waals surface area contributed by atoms with E-state index in [1.165, 1.54) is 24.3 Å². The zero-order chi connectivity index (χ0) is 15.2. The fourth-order valence-corrected chi connectivity index (χ4v) is 4.01. The van der Waals surface area contributed by atoms with E-state index in [2.05, 4.69) is 0 Å². The van der Waals surface area contributed by atoms with Gasteiger partial charge in [-0.1, -0.05) is 12.1 Å². The number of Topliss-reactive ketones (excluding diaryl/α,β-unsaturated/α-hetero) is 1. The van der Waals surface area contributed by atoms with Gasteiger partial charge in [0, 0.05) is 36.5 Å². The second-order valence-electron chi connectivity index (χ2n) is 4.97. The molecule has 0 fully saturated rings. The summed E-state index contributed by atoms with van der Waals surface area (Å²) in [6.07, 6.45) is 0.528. The van der Waals surface area contributed by atoms with Crippen molar-refractivity contribution in [3.8, 4) is 0 Å². The Kier molecular flexibility index (Phi) is 3.05. The molecule has 21 heavy (non-hydrogen) atoms. The smallest absolute Gasteiger partial charge is 0.309 e. The first kappa shape index (κ1) is 13.7. The minimum absolute atomic E-state index is 0.0828. The molecule has 8 heteroatoms. The van der Waals surface area contributed by atoms with E-state index in [0.717, 1.165) is 0 Å². The van der Waals surface area contributed by atoms with Crippen LogP contribution in [0.4, 0.5) is 5.69 Å². The van der Waals surface area contributed by atoms with E-state index in [0.29, 0.717) is 11.1 Å². The molecule has 1 unspecified atom stereocenters. The maximum Gasteiger partial charge on any atom is 0.309 e. The lowest BCUT2D eigenvalue weighted by molar-refractivity contribution is -0.384. The summed E-state index contributed by atoms with van der Waals surface area (Å²) in [6.45, 7) is 0. The van der Waals surface area contributed by atoms with Crippen molar-refractivity contribution in [3.63, 3.8) is 0 Å². The molecule has 1 aliphatic carbocycles. The van der Waals surface area contributed by atoms with Crippen LogP contribution < -0.4 is 0 Å². The van der Waals surface area contributed by atoms with Crippen LogP contribution in [0, 0.1) is 10.1 Å². The summed E-state index contributed by atoms with van der Waals surface area (Å²) < 4.78 is 28.5. The first-order valence-corrected chi connectivity index (χ1v) is 7.88. The molecule has 2 aliphatic rings. The number of nitro benzene ring substituents is 1. The number of ketones is 1. The predicted molar refractivity (Wildman–Crippen MR) is 72.0 cm³/mol. The molecule has 1 atom stereocenters. The quantitative estimate of drug-likeness (QED) is 0.467. The summed E-state index contributed by atoms with van der Waals surface area (Å²) in [5, 5.41) is 10.7. The van der Waals surface area contributed by atoms with Crippen LogP contribution in [0.25, 0.3) is 0 Å². The van der Waals surface area contributed by atoms with Gasteiger partial charge in [0.25, 0.3) is 5.69 Å². The maximum absolute atomic E-state index is 11.9. The fraction of sp³-hybridized carbons (Fsp3) is 0.308. The van der Waals surface area contributed by atoms with Gasteiger partial charge in [0.1, 0.15) is 5.76 Å². The Morgan fingerprint density at radius 3 is 2.48 bits per heavy atom. The largest absolute Gasteiger partial charge is 0.386 e. The standard InChI is InChI=1S/C13H11NO6S/c15-11-5-6-12-13(11)10(7-21(18,19)20-12)8-1-3-9(4-2-8)14(16)17/h1-4,10H,5-7H2. The first-order valence-electron chi connectivity index (χ1n) is 6.30. The monoisotopic (exact) mass is 309 g/mol. The molecule has 0 bridgehead atoms. The number of nitrogens with zero attached hydrogens (tertiary/aromatic N) is 1. The third-order valence-electron chi connectivity index (χ3n) is 3.63. The van der Waals surface area contributed by atoms with Crippen molar-refractivity contribution in [1.29, 1.82) is 0 Å². The van der Waals surface area contributed by atoms with Crippen LogP contribution in [0.3, 0.4) is 0 Å². The molecule has 3 rings (SSSR count). The highest BCUT2D eigenvalue weighted by Crippen LogP contribution is 2.41. The second-order valence-corrected chi connectivity index (χ2v) is 6.58. The number of hydrogen-bond acceptors (Lipinski definition) is 6. The van der Waals surface area contributed by atoms with E-state index in [9.17, 15) is 23.3 Å². The third-order valence-corrected chi connectivity index (χ3v) is 4.83. The summed E-state index contributed by atoms with van der Waals surface area (Å²) >= 11 is 0. The van der Waals surface area contributed by atoms with Crippen LogP contribution in [0.1, 0.15) is 24.3 Å². The molecule has 0 radical (unpaired) electrons. The number of carbonyl (C=O) groups excluding carboxylic acids is 1. The Hall–Kier alpha value is -2.22. The minimum Gasteiger partial charge on any atom is -0.386 e. The van der Waals surface area contributed by atoms with Crippen molar-refractivity contribution in [2.45, 2.75) is 18.8 Å². The van der Waals surface area contributed by atoms with E-state index in [1.807, 2.05) is 0 Å². The van der Waals surface area contributed by atoms with Crippen molar-refractivity contribution >= 4 is 21.6 Å². The lowest BCUT2D eigenvalue weighted by Gasteiger charge is -2.24. The van der Waals surface area contributed by atoms with E-state index in [4.69, 9.17) is 4.18 Å². The van der Waals surface area contributed by atoms with Gasteiger partial charge in [-0.05, 0) is 5.56 Å². The molecule has 0 saturated carbocycles. The van der Waals surface area contributed by atoms with Gasteiger partial charge in [-0.15, -0.1) is 0 Å². The lowest BCUT2D eigenvalue weighted by Crippen LogP contribution is -2.26. The summed E-state index contributed by atoms with van der Waals surface area (Å²) in [7, 11) is -3.73. The molecule has 0 N–H and O–H groups in total. The summed E-state index contributed by atoms with van der Waals surface area (Å²) in [5.41, 5.74) is 0.870. The Morgan fingerprint density at radius 1 is 1.19 bits per heavy atom. The van der Waals surface area contributed by atoms with E-state index >= 15 is 0 Å². The third kappa shape index (κ3) is 2.42. The molecule has 110 valence electrons. The predicted octanol–water partition coefficient (Wildman–Crippen LogP) is 1.66. The van der Waals surface area contributed by atoms with Crippen LogP contribution in [-0.2, 0) is 19.1 Å². The molecule has 1 aromatic carbocycles. The molecule has 1 aliphatic heterocycles. The highest BCUT2D eigenvalue weighted by Gasteiger charge is 2.40. The van der Waals surface area contributed by atoms with Crippen molar-refractivity contribution < 1.29 is 22.3 Å². The molecule has 0 aromatic heterocycles. The van der Waals surface area contributed by atoms with Crippen molar-refractivity contribution in [2.75, 3.05) is 5.75 Å². The first-order chi connectivity index (χ1) is 9.87. The van der Waals surface area contributed by atoms with Crippen LogP contribution in [0.5, 0.6) is 0 Å². The van der Waals surface area contributed by atoms with Crippen molar-refractivity contribution in [3.05, 3.63) is 51.3 Å². The molecule has 1 aromatic rings. The van der Waals surface area contributed by atoms with E-state index in [-0.39, 0.29) is 35.8 Å². The van der Waals surface area contributed by atoms with E-state index < -0.39 is 21.0 Å².